The molecular weight excluding hydrogens is 259 g/mol. The zero-order valence-corrected chi connectivity index (χ0v) is 11.5. The standard InChI is InChI=1S/C15H17FN2O2/c1-19-14-5-3-11(7-13(14)16)8-17-9-12-4-6-15(20-2)18-10-12/h3-7,10,17H,8-9H2,1-2H3. The number of hydrogen-bond acceptors (Lipinski definition) is 4. The first-order chi connectivity index (χ1) is 9.72. The Morgan fingerprint density at radius 3 is 2.40 bits per heavy atom. The lowest BCUT2D eigenvalue weighted by molar-refractivity contribution is 0.386. The van der Waals surface area contributed by atoms with Gasteiger partial charge >= 0.3 is 0 Å². The molecule has 4 nitrogen and oxygen atoms in total. The molecule has 5 heteroatoms. The summed E-state index contributed by atoms with van der Waals surface area (Å²) in [5, 5.41) is 3.23. The average molecular weight is 276 g/mol. The van der Waals surface area contributed by atoms with E-state index < -0.39 is 0 Å². The van der Waals surface area contributed by atoms with Gasteiger partial charge in [-0.3, -0.25) is 0 Å². The quantitative estimate of drug-likeness (QED) is 0.880. The highest BCUT2D eigenvalue weighted by Crippen LogP contribution is 2.17. The van der Waals surface area contributed by atoms with Crippen LogP contribution in [0.15, 0.2) is 36.5 Å². The van der Waals surface area contributed by atoms with Gasteiger partial charge in [-0.1, -0.05) is 12.1 Å². The highest BCUT2D eigenvalue weighted by molar-refractivity contribution is 5.29. The number of ether oxygens (including phenoxy) is 2. The molecule has 0 saturated heterocycles. The molecule has 0 atom stereocenters. The molecule has 0 fully saturated rings. The van der Waals surface area contributed by atoms with Gasteiger partial charge in [-0.15, -0.1) is 0 Å². The van der Waals surface area contributed by atoms with Crippen molar-refractivity contribution in [3.8, 4) is 11.6 Å². The number of rotatable bonds is 6. The molecule has 106 valence electrons. The van der Waals surface area contributed by atoms with Crippen molar-refractivity contribution in [2.24, 2.45) is 0 Å². The molecule has 20 heavy (non-hydrogen) atoms. The summed E-state index contributed by atoms with van der Waals surface area (Å²) in [5.41, 5.74) is 1.91. The number of halogens is 1. The van der Waals surface area contributed by atoms with Crippen LogP contribution in [0.3, 0.4) is 0 Å². The van der Waals surface area contributed by atoms with Crippen LogP contribution < -0.4 is 14.8 Å². The Morgan fingerprint density at radius 1 is 1.05 bits per heavy atom. The number of methoxy groups -OCH3 is 2. The molecule has 1 aromatic carbocycles. The maximum atomic E-state index is 13.5. The predicted molar refractivity (Wildman–Crippen MR) is 74.3 cm³/mol. The van der Waals surface area contributed by atoms with Crippen LogP contribution in [0.1, 0.15) is 11.1 Å². The van der Waals surface area contributed by atoms with Crippen molar-refractivity contribution >= 4 is 0 Å². The topological polar surface area (TPSA) is 43.4 Å². The van der Waals surface area contributed by atoms with Crippen LogP contribution in [0.5, 0.6) is 11.6 Å². The largest absolute Gasteiger partial charge is 0.494 e. The molecule has 0 saturated carbocycles. The molecular formula is C15H17FN2O2. The Balaban J connectivity index is 1.87. The van der Waals surface area contributed by atoms with Crippen molar-refractivity contribution in [2.75, 3.05) is 14.2 Å². The predicted octanol–water partition coefficient (Wildman–Crippen LogP) is 2.53. The monoisotopic (exact) mass is 276 g/mol. The Labute approximate surface area is 117 Å². The zero-order chi connectivity index (χ0) is 14.4. The van der Waals surface area contributed by atoms with Gasteiger partial charge in [0.25, 0.3) is 0 Å². The van der Waals surface area contributed by atoms with Crippen LogP contribution in [0.25, 0.3) is 0 Å². The highest BCUT2D eigenvalue weighted by Gasteiger charge is 2.03. The van der Waals surface area contributed by atoms with Crippen molar-refractivity contribution in [2.45, 2.75) is 13.1 Å². The number of nitrogens with one attached hydrogen (secondary N) is 1. The summed E-state index contributed by atoms with van der Waals surface area (Å²) in [7, 11) is 3.03. The minimum Gasteiger partial charge on any atom is -0.494 e. The second kappa shape index (κ2) is 6.86. The summed E-state index contributed by atoms with van der Waals surface area (Å²) >= 11 is 0. The van der Waals surface area contributed by atoms with E-state index in [9.17, 15) is 4.39 Å². The maximum Gasteiger partial charge on any atom is 0.212 e. The van der Waals surface area contributed by atoms with Crippen LogP contribution in [0, 0.1) is 5.82 Å². The lowest BCUT2D eigenvalue weighted by Crippen LogP contribution is -2.13. The smallest absolute Gasteiger partial charge is 0.212 e. The molecule has 0 aliphatic heterocycles. The van der Waals surface area contributed by atoms with Crippen LogP contribution >= 0.6 is 0 Å². The second-order valence-electron chi connectivity index (χ2n) is 4.28. The van der Waals surface area contributed by atoms with Gasteiger partial charge in [-0.05, 0) is 23.3 Å². The number of nitrogens with zero attached hydrogens (tertiary/aromatic N) is 1. The molecule has 0 unspecified atom stereocenters. The third-order valence-electron chi connectivity index (χ3n) is 2.88. The molecule has 1 aromatic heterocycles. The molecule has 2 rings (SSSR count). The minimum atomic E-state index is -0.349. The Bertz CT molecular complexity index is 558. The van der Waals surface area contributed by atoms with Gasteiger partial charge in [0, 0.05) is 25.4 Å². The van der Waals surface area contributed by atoms with Crippen molar-refractivity contribution in [1.29, 1.82) is 0 Å². The summed E-state index contributed by atoms with van der Waals surface area (Å²) in [6, 6.07) is 8.68. The van der Waals surface area contributed by atoms with E-state index >= 15 is 0 Å². The number of aromatic nitrogens is 1. The fraction of sp³-hybridized carbons (Fsp3) is 0.267. The average Bonchev–Trinajstić information content (AvgIpc) is 2.48. The van der Waals surface area contributed by atoms with E-state index in [2.05, 4.69) is 10.3 Å². The summed E-state index contributed by atoms with van der Waals surface area (Å²) < 4.78 is 23.4. The number of benzene rings is 1. The lowest BCUT2D eigenvalue weighted by atomic mass is 10.2. The third-order valence-corrected chi connectivity index (χ3v) is 2.88. The molecule has 1 heterocycles. The van der Waals surface area contributed by atoms with E-state index in [1.165, 1.54) is 13.2 Å². The first-order valence-electron chi connectivity index (χ1n) is 6.25. The zero-order valence-electron chi connectivity index (χ0n) is 11.5. The Morgan fingerprint density at radius 2 is 1.80 bits per heavy atom. The van der Waals surface area contributed by atoms with Crippen LogP contribution in [0.4, 0.5) is 4.39 Å². The van der Waals surface area contributed by atoms with E-state index in [1.54, 1.807) is 19.4 Å². The molecule has 0 aliphatic carbocycles. The van der Waals surface area contributed by atoms with Crippen LogP contribution in [0.2, 0.25) is 0 Å². The van der Waals surface area contributed by atoms with Crippen LogP contribution in [-0.4, -0.2) is 19.2 Å². The molecule has 0 aliphatic rings. The van der Waals surface area contributed by atoms with Crippen molar-refractivity contribution in [3.63, 3.8) is 0 Å². The van der Waals surface area contributed by atoms with Crippen molar-refractivity contribution in [1.82, 2.24) is 10.3 Å². The summed E-state index contributed by atoms with van der Waals surface area (Å²) in [5.74, 6) is 0.497. The fourth-order valence-corrected chi connectivity index (χ4v) is 1.81. The number of pyridine rings is 1. The van der Waals surface area contributed by atoms with Gasteiger partial charge in [0.15, 0.2) is 11.6 Å². The Hall–Kier alpha value is -2.14. The first-order valence-corrected chi connectivity index (χ1v) is 6.25. The SMILES string of the molecule is COc1ccc(CNCc2ccc(OC)c(F)c2)cn1. The van der Waals surface area contributed by atoms with Gasteiger partial charge in [-0.2, -0.15) is 0 Å². The summed E-state index contributed by atoms with van der Waals surface area (Å²) in [6.07, 6.45) is 1.75. The van der Waals surface area contributed by atoms with Gasteiger partial charge in [0.05, 0.1) is 14.2 Å². The summed E-state index contributed by atoms with van der Waals surface area (Å²) in [6.45, 7) is 1.23. The Kier molecular flexibility index (Phi) is 4.90. The summed E-state index contributed by atoms with van der Waals surface area (Å²) in [4.78, 5) is 4.12. The maximum absolute atomic E-state index is 13.5. The second-order valence-corrected chi connectivity index (χ2v) is 4.28. The normalized spacial score (nSPS) is 10.3. The van der Waals surface area contributed by atoms with E-state index in [0.29, 0.717) is 19.0 Å². The third kappa shape index (κ3) is 3.68. The molecule has 0 bridgehead atoms. The molecule has 2 aromatic rings. The van der Waals surface area contributed by atoms with E-state index in [-0.39, 0.29) is 11.6 Å². The molecule has 0 amide bonds. The van der Waals surface area contributed by atoms with Gasteiger partial charge < -0.3 is 14.8 Å². The van der Waals surface area contributed by atoms with Crippen molar-refractivity contribution < 1.29 is 13.9 Å². The molecule has 0 spiro atoms. The van der Waals surface area contributed by atoms with E-state index in [0.717, 1.165) is 11.1 Å². The minimum absolute atomic E-state index is 0.258. The van der Waals surface area contributed by atoms with Crippen molar-refractivity contribution in [3.05, 3.63) is 53.5 Å². The van der Waals surface area contributed by atoms with Gasteiger partial charge in [0.2, 0.25) is 5.88 Å². The van der Waals surface area contributed by atoms with E-state index in [4.69, 9.17) is 9.47 Å². The first kappa shape index (κ1) is 14.3. The molecule has 1 N–H and O–H groups in total. The lowest BCUT2D eigenvalue weighted by Gasteiger charge is -2.07. The highest BCUT2D eigenvalue weighted by atomic mass is 19.1. The fourth-order valence-electron chi connectivity index (χ4n) is 1.81. The number of hydrogen-bond donors (Lipinski definition) is 1. The van der Waals surface area contributed by atoms with Gasteiger partial charge in [0.1, 0.15) is 0 Å². The van der Waals surface area contributed by atoms with E-state index in [1.807, 2.05) is 18.2 Å². The molecule has 0 radical (unpaired) electrons. The van der Waals surface area contributed by atoms with Gasteiger partial charge in [-0.25, -0.2) is 9.37 Å². The van der Waals surface area contributed by atoms with Crippen LogP contribution in [-0.2, 0) is 13.1 Å².